The molecule has 0 aliphatic carbocycles. The summed E-state index contributed by atoms with van der Waals surface area (Å²) in [4.78, 5) is 12.2. The van der Waals surface area contributed by atoms with Crippen molar-refractivity contribution in [3.8, 4) is 0 Å². The lowest BCUT2D eigenvalue weighted by atomic mass is 10.0. The third-order valence-electron chi connectivity index (χ3n) is 4.09. The molecule has 0 atom stereocenters. The fourth-order valence-electron chi connectivity index (χ4n) is 2.55. The summed E-state index contributed by atoms with van der Waals surface area (Å²) in [5, 5.41) is 3.12. The lowest BCUT2D eigenvalue weighted by Gasteiger charge is -2.03. The molecule has 0 unspecified atom stereocenters. The number of unbranched alkanes of at least 4 members (excludes halogenated alkanes) is 3. The first-order valence-electron chi connectivity index (χ1n) is 8.82. The van der Waals surface area contributed by atoms with Crippen LogP contribution in [0.3, 0.4) is 0 Å². The summed E-state index contributed by atoms with van der Waals surface area (Å²) in [6, 6.07) is 16.1. The molecule has 2 rings (SSSR count). The summed E-state index contributed by atoms with van der Waals surface area (Å²) in [6.45, 7) is 4.28. The zero-order chi connectivity index (χ0) is 17.2. The molecule has 0 fully saturated rings. The summed E-state index contributed by atoms with van der Waals surface area (Å²) in [7, 11) is 0. The van der Waals surface area contributed by atoms with E-state index in [0.29, 0.717) is 0 Å². The van der Waals surface area contributed by atoms with Crippen LogP contribution in [0, 0.1) is 6.92 Å². The Balaban J connectivity index is 1.83. The number of benzene rings is 2. The summed E-state index contributed by atoms with van der Waals surface area (Å²) in [5.41, 5.74) is 4.24. The highest BCUT2D eigenvalue weighted by Crippen LogP contribution is 2.11. The molecule has 2 aromatic rings. The van der Waals surface area contributed by atoms with Crippen molar-refractivity contribution in [3.05, 3.63) is 77.5 Å². The van der Waals surface area contributed by atoms with Gasteiger partial charge in [0.1, 0.15) is 0 Å². The summed E-state index contributed by atoms with van der Waals surface area (Å²) in [6.07, 6.45) is 9.44. The van der Waals surface area contributed by atoms with Gasteiger partial charge in [0.05, 0.1) is 0 Å². The molecule has 0 saturated carbocycles. The average Bonchev–Trinajstić information content (AvgIpc) is 2.61. The Morgan fingerprint density at radius 3 is 2.33 bits per heavy atom. The molecule has 0 spiro atoms. The smallest absolute Gasteiger partial charge is 0.187 e. The number of nitrogens with one attached hydrogen (secondary N) is 1. The van der Waals surface area contributed by atoms with Crippen LogP contribution in [0.4, 0.5) is 5.69 Å². The SMILES string of the molecule is CCCCCCc1ccc(C(=O)/C=C/Nc2ccc(C)cc2)cc1. The Bertz CT molecular complexity index is 653. The molecule has 0 aromatic heterocycles. The van der Waals surface area contributed by atoms with E-state index >= 15 is 0 Å². The minimum absolute atomic E-state index is 0.0205. The van der Waals surface area contributed by atoms with Gasteiger partial charge in [-0.15, -0.1) is 0 Å². The minimum atomic E-state index is 0.0205. The quantitative estimate of drug-likeness (QED) is 0.352. The van der Waals surface area contributed by atoms with Gasteiger partial charge < -0.3 is 5.32 Å². The van der Waals surface area contributed by atoms with Crippen molar-refractivity contribution >= 4 is 11.5 Å². The molecular weight excluding hydrogens is 294 g/mol. The summed E-state index contributed by atoms with van der Waals surface area (Å²) >= 11 is 0. The van der Waals surface area contributed by atoms with Crippen molar-refractivity contribution in [2.75, 3.05) is 5.32 Å². The first kappa shape index (κ1) is 18.0. The Morgan fingerprint density at radius 1 is 0.958 bits per heavy atom. The van der Waals surface area contributed by atoms with Crippen molar-refractivity contribution in [2.24, 2.45) is 0 Å². The van der Waals surface area contributed by atoms with Crippen LogP contribution in [0.2, 0.25) is 0 Å². The summed E-state index contributed by atoms with van der Waals surface area (Å²) in [5.74, 6) is 0.0205. The van der Waals surface area contributed by atoms with E-state index in [1.807, 2.05) is 36.4 Å². The van der Waals surface area contributed by atoms with Crippen LogP contribution in [0.15, 0.2) is 60.8 Å². The van der Waals surface area contributed by atoms with Gasteiger partial charge in [-0.25, -0.2) is 0 Å². The number of ketones is 1. The highest BCUT2D eigenvalue weighted by molar-refractivity contribution is 6.04. The largest absolute Gasteiger partial charge is 0.362 e. The zero-order valence-electron chi connectivity index (χ0n) is 14.7. The topological polar surface area (TPSA) is 29.1 Å². The van der Waals surface area contributed by atoms with Gasteiger partial charge in [-0.1, -0.05) is 68.1 Å². The van der Waals surface area contributed by atoms with Gasteiger partial charge in [0.15, 0.2) is 5.78 Å². The highest BCUT2D eigenvalue weighted by atomic mass is 16.1. The van der Waals surface area contributed by atoms with Crippen molar-refractivity contribution in [2.45, 2.75) is 46.0 Å². The molecule has 2 nitrogen and oxygen atoms in total. The molecule has 126 valence electrons. The fraction of sp³-hybridized carbons (Fsp3) is 0.318. The second-order valence-electron chi connectivity index (χ2n) is 6.22. The number of anilines is 1. The van der Waals surface area contributed by atoms with E-state index < -0.39 is 0 Å². The van der Waals surface area contributed by atoms with Crippen LogP contribution in [0.5, 0.6) is 0 Å². The maximum atomic E-state index is 12.2. The fourth-order valence-corrected chi connectivity index (χ4v) is 2.55. The highest BCUT2D eigenvalue weighted by Gasteiger charge is 2.02. The van der Waals surface area contributed by atoms with Crippen LogP contribution in [-0.2, 0) is 6.42 Å². The van der Waals surface area contributed by atoms with E-state index in [-0.39, 0.29) is 5.78 Å². The Hall–Kier alpha value is -2.35. The number of carbonyl (C=O) groups excluding carboxylic acids is 1. The van der Waals surface area contributed by atoms with E-state index in [2.05, 4.69) is 31.3 Å². The Labute approximate surface area is 145 Å². The van der Waals surface area contributed by atoms with Gasteiger partial charge in [0.2, 0.25) is 0 Å². The van der Waals surface area contributed by atoms with Crippen molar-refractivity contribution < 1.29 is 4.79 Å². The van der Waals surface area contributed by atoms with Crippen LogP contribution < -0.4 is 5.32 Å². The van der Waals surface area contributed by atoms with Gasteiger partial charge in [0, 0.05) is 23.5 Å². The number of rotatable bonds is 9. The molecule has 0 amide bonds. The predicted octanol–water partition coefficient (Wildman–Crippen LogP) is 5.93. The first-order valence-corrected chi connectivity index (χ1v) is 8.82. The number of carbonyl (C=O) groups is 1. The molecule has 0 aliphatic rings. The van der Waals surface area contributed by atoms with E-state index in [0.717, 1.165) is 17.7 Å². The lowest BCUT2D eigenvalue weighted by Crippen LogP contribution is -1.97. The second kappa shape index (κ2) is 9.71. The van der Waals surface area contributed by atoms with Crippen LogP contribution in [0.25, 0.3) is 0 Å². The van der Waals surface area contributed by atoms with E-state index in [1.54, 1.807) is 12.3 Å². The molecule has 0 aliphatic heterocycles. The molecule has 0 bridgehead atoms. The van der Waals surface area contributed by atoms with Crippen molar-refractivity contribution in [1.29, 1.82) is 0 Å². The number of hydrogen-bond acceptors (Lipinski definition) is 2. The van der Waals surface area contributed by atoms with E-state index in [1.165, 1.54) is 36.8 Å². The number of aryl methyl sites for hydroxylation is 2. The molecule has 0 heterocycles. The third-order valence-corrected chi connectivity index (χ3v) is 4.09. The third kappa shape index (κ3) is 6.04. The van der Waals surface area contributed by atoms with Crippen LogP contribution in [-0.4, -0.2) is 5.78 Å². The monoisotopic (exact) mass is 321 g/mol. The maximum Gasteiger partial charge on any atom is 0.187 e. The average molecular weight is 321 g/mol. The molecule has 1 N–H and O–H groups in total. The first-order chi connectivity index (χ1) is 11.7. The molecular formula is C22H27NO. The zero-order valence-corrected chi connectivity index (χ0v) is 14.7. The Morgan fingerprint density at radius 2 is 1.67 bits per heavy atom. The normalized spacial score (nSPS) is 10.9. The van der Waals surface area contributed by atoms with Gasteiger partial charge in [-0.2, -0.15) is 0 Å². The van der Waals surface area contributed by atoms with Gasteiger partial charge in [-0.05, 0) is 37.5 Å². The van der Waals surface area contributed by atoms with Crippen LogP contribution >= 0.6 is 0 Å². The molecule has 0 saturated heterocycles. The van der Waals surface area contributed by atoms with Gasteiger partial charge >= 0.3 is 0 Å². The lowest BCUT2D eigenvalue weighted by molar-refractivity contribution is 0.104. The Kier molecular flexibility index (Phi) is 7.28. The van der Waals surface area contributed by atoms with Gasteiger partial charge in [-0.3, -0.25) is 4.79 Å². The molecule has 2 aromatic carbocycles. The van der Waals surface area contributed by atoms with E-state index in [9.17, 15) is 4.79 Å². The summed E-state index contributed by atoms with van der Waals surface area (Å²) < 4.78 is 0. The van der Waals surface area contributed by atoms with Crippen molar-refractivity contribution in [3.63, 3.8) is 0 Å². The molecule has 2 heteroatoms. The molecule has 0 radical (unpaired) electrons. The van der Waals surface area contributed by atoms with Gasteiger partial charge in [0.25, 0.3) is 0 Å². The predicted molar refractivity (Wildman–Crippen MR) is 103 cm³/mol. The number of hydrogen-bond donors (Lipinski definition) is 1. The molecule has 24 heavy (non-hydrogen) atoms. The van der Waals surface area contributed by atoms with Crippen LogP contribution in [0.1, 0.15) is 54.1 Å². The maximum absolute atomic E-state index is 12.2. The standard InChI is InChI=1S/C22H27NO/c1-3-4-5-6-7-19-10-12-20(13-11-19)22(24)16-17-23-21-14-8-18(2)9-15-21/h8-17,23H,3-7H2,1-2H3/b17-16+. The van der Waals surface area contributed by atoms with E-state index in [4.69, 9.17) is 0 Å². The second-order valence-corrected chi connectivity index (χ2v) is 6.22. The number of allylic oxidation sites excluding steroid dienone is 1. The minimum Gasteiger partial charge on any atom is -0.362 e. The van der Waals surface area contributed by atoms with Crippen molar-refractivity contribution in [1.82, 2.24) is 0 Å².